The van der Waals surface area contributed by atoms with Crippen molar-refractivity contribution in [2.45, 2.75) is 83.5 Å². The Bertz CT molecular complexity index is 833. The fourth-order valence-electron chi connectivity index (χ4n) is 5.25. The van der Waals surface area contributed by atoms with Crippen LogP contribution >= 0.6 is 0 Å². The first-order chi connectivity index (χ1) is 13.6. The van der Waals surface area contributed by atoms with E-state index in [1.165, 1.54) is 12.0 Å². The van der Waals surface area contributed by atoms with Crippen molar-refractivity contribution in [2.75, 3.05) is 0 Å². The Kier molecular flexibility index (Phi) is 6.45. The SMILES string of the molecule is C=C1C(=CC=C2CCC[C@]3(C)[C@@H](C#CC#CC(C)(C)O)CC[C@@H]23)C[C@@H](O)C[C@@H]1O. The second kappa shape index (κ2) is 8.53. The molecule has 0 aromatic rings. The third-order valence-electron chi connectivity index (χ3n) is 6.91. The molecule has 0 heterocycles. The minimum absolute atomic E-state index is 0.161. The van der Waals surface area contributed by atoms with Gasteiger partial charge in [-0.25, -0.2) is 0 Å². The van der Waals surface area contributed by atoms with E-state index in [1.807, 2.05) is 0 Å². The average Bonchev–Trinajstić information content (AvgIpc) is 2.96. The molecule has 3 nitrogen and oxygen atoms in total. The monoisotopic (exact) mass is 394 g/mol. The topological polar surface area (TPSA) is 60.7 Å². The van der Waals surface area contributed by atoms with E-state index in [-0.39, 0.29) is 5.41 Å². The molecule has 3 rings (SSSR count). The minimum atomic E-state index is -1.00. The molecule has 29 heavy (non-hydrogen) atoms. The highest BCUT2D eigenvalue weighted by Crippen LogP contribution is 2.57. The van der Waals surface area contributed by atoms with Gasteiger partial charge in [0, 0.05) is 12.3 Å². The lowest BCUT2D eigenvalue weighted by atomic mass is 9.63. The molecule has 3 aliphatic carbocycles. The zero-order valence-corrected chi connectivity index (χ0v) is 18.0. The highest BCUT2D eigenvalue weighted by molar-refractivity contribution is 5.39. The molecule has 3 fully saturated rings. The number of aliphatic hydroxyl groups excluding tert-OH is 2. The lowest BCUT2D eigenvalue weighted by Gasteiger charge is -2.40. The Morgan fingerprint density at radius 3 is 2.66 bits per heavy atom. The van der Waals surface area contributed by atoms with Crippen LogP contribution in [0.25, 0.3) is 0 Å². The van der Waals surface area contributed by atoms with Gasteiger partial charge in [-0.3, -0.25) is 0 Å². The molecule has 3 aliphatic rings. The van der Waals surface area contributed by atoms with Crippen molar-refractivity contribution in [2.24, 2.45) is 17.3 Å². The van der Waals surface area contributed by atoms with Crippen LogP contribution in [-0.4, -0.2) is 33.1 Å². The van der Waals surface area contributed by atoms with Gasteiger partial charge in [0.1, 0.15) is 5.60 Å². The Morgan fingerprint density at radius 1 is 1.17 bits per heavy atom. The maximum Gasteiger partial charge on any atom is 0.120 e. The zero-order valence-electron chi connectivity index (χ0n) is 18.0. The largest absolute Gasteiger partial charge is 0.393 e. The smallest absolute Gasteiger partial charge is 0.120 e. The number of allylic oxidation sites excluding steroid dienone is 3. The summed E-state index contributed by atoms with van der Waals surface area (Å²) >= 11 is 0. The van der Waals surface area contributed by atoms with Crippen LogP contribution in [0.3, 0.4) is 0 Å². The summed E-state index contributed by atoms with van der Waals surface area (Å²) in [7, 11) is 0. The number of aliphatic hydroxyl groups is 3. The van der Waals surface area contributed by atoms with Crippen molar-refractivity contribution < 1.29 is 15.3 Å². The molecule has 3 N–H and O–H groups in total. The van der Waals surface area contributed by atoms with Crippen molar-refractivity contribution in [3.8, 4) is 23.7 Å². The number of rotatable bonds is 1. The molecular formula is C26H34O3. The van der Waals surface area contributed by atoms with Crippen LogP contribution in [0.2, 0.25) is 0 Å². The molecule has 0 unspecified atom stereocenters. The van der Waals surface area contributed by atoms with Gasteiger partial charge >= 0.3 is 0 Å². The summed E-state index contributed by atoms with van der Waals surface area (Å²) in [4.78, 5) is 0. The van der Waals surface area contributed by atoms with E-state index in [0.29, 0.717) is 24.7 Å². The predicted molar refractivity (Wildman–Crippen MR) is 117 cm³/mol. The van der Waals surface area contributed by atoms with E-state index in [1.54, 1.807) is 13.8 Å². The van der Waals surface area contributed by atoms with Crippen LogP contribution in [0.1, 0.15) is 65.7 Å². The van der Waals surface area contributed by atoms with Gasteiger partial charge in [0.15, 0.2) is 0 Å². The highest BCUT2D eigenvalue weighted by Gasteiger charge is 2.48. The quantitative estimate of drug-likeness (QED) is 0.591. The Morgan fingerprint density at radius 2 is 1.93 bits per heavy atom. The van der Waals surface area contributed by atoms with E-state index in [0.717, 1.165) is 36.8 Å². The fourth-order valence-corrected chi connectivity index (χ4v) is 5.25. The van der Waals surface area contributed by atoms with Crippen molar-refractivity contribution >= 4 is 0 Å². The second-order valence-corrected chi connectivity index (χ2v) is 9.69. The molecule has 0 aromatic heterocycles. The molecule has 0 amide bonds. The van der Waals surface area contributed by atoms with Gasteiger partial charge in [-0.2, -0.15) is 0 Å². The standard InChI is InChI=1S/C26H34O3/c1-18-20(16-22(27)17-24(18)28)11-10-19-8-7-15-26(4)21(12-13-23(19)26)9-5-6-14-25(2,3)29/h10-11,21-24,27-29H,1,7-8,12-13,15-17H2,2-4H3/t21-,22+,23-,24-,26+/m0/s1. The van der Waals surface area contributed by atoms with Crippen molar-refractivity contribution in [3.63, 3.8) is 0 Å². The van der Waals surface area contributed by atoms with Crippen molar-refractivity contribution in [1.82, 2.24) is 0 Å². The van der Waals surface area contributed by atoms with Gasteiger partial charge in [-0.05, 0) is 86.7 Å². The van der Waals surface area contributed by atoms with Gasteiger partial charge in [-0.1, -0.05) is 43.1 Å². The molecule has 0 aliphatic heterocycles. The summed E-state index contributed by atoms with van der Waals surface area (Å²) in [6.07, 6.45) is 9.74. The van der Waals surface area contributed by atoms with Crippen LogP contribution in [0.15, 0.2) is 35.5 Å². The van der Waals surface area contributed by atoms with Gasteiger partial charge in [0.2, 0.25) is 0 Å². The third-order valence-corrected chi connectivity index (χ3v) is 6.91. The summed E-state index contributed by atoms with van der Waals surface area (Å²) in [5.74, 6) is 12.8. The predicted octanol–water partition coefficient (Wildman–Crippen LogP) is 3.91. The molecule has 0 aromatic carbocycles. The van der Waals surface area contributed by atoms with Crippen LogP contribution in [-0.2, 0) is 0 Å². The van der Waals surface area contributed by atoms with E-state index in [4.69, 9.17) is 0 Å². The van der Waals surface area contributed by atoms with Crippen molar-refractivity contribution in [1.29, 1.82) is 0 Å². The first-order valence-electron chi connectivity index (χ1n) is 10.8. The lowest BCUT2D eigenvalue weighted by molar-refractivity contribution is 0.0862. The molecule has 156 valence electrons. The number of fused-ring (bicyclic) bond motifs is 1. The maximum absolute atomic E-state index is 10.1. The number of hydrogen-bond acceptors (Lipinski definition) is 3. The van der Waals surface area contributed by atoms with E-state index < -0.39 is 17.8 Å². The molecule has 0 spiro atoms. The molecule has 5 atom stereocenters. The lowest BCUT2D eigenvalue weighted by Crippen LogP contribution is -2.32. The molecule has 0 bridgehead atoms. The average molecular weight is 395 g/mol. The van der Waals surface area contributed by atoms with E-state index in [2.05, 4.69) is 49.3 Å². The van der Waals surface area contributed by atoms with Crippen LogP contribution in [0.5, 0.6) is 0 Å². The van der Waals surface area contributed by atoms with Crippen LogP contribution in [0, 0.1) is 40.9 Å². The summed E-state index contributed by atoms with van der Waals surface area (Å²) in [6.45, 7) is 9.71. The van der Waals surface area contributed by atoms with Gasteiger partial charge in [-0.15, -0.1) is 0 Å². The van der Waals surface area contributed by atoms with Crippen LogP contribution < -0.4 is 0 Å². The first-order valence-corrected chi connectivity index (χ1v) is 10.8. The molecule has 0 radical (unpaired) electrons. The van der Waals surface area contributed by atoms with Gasteiger partial charge in [0.05, 0.1) is 12.2 Å². The van der Waals surface area contributed by atoms with Gasteiger partial charge in [0.25, 0.3) is 0 Å². The maximum atomic E-state index is 10.1. The van der Waals surface area contributed by atoms with Gasteiger partial charge < -0.3 is 15.3 Å². The minimum Gasteiger partial charge on any atom is -0.393 e. The highest BCUT2D eigenvalue weighted by atomic mass is 16.3. The summed E-state index contributed by atoms with van der Waals surface area (Å²) in [5.41, 5.74) is 2.32. The summed E-state index contributed by atoms with van der Waals surface area (Å²) < 4.78 is 0. The second-order valence-electron chi connectivity index (χ2n) is 9.69. The zero-order chi connectivity index (χ0) is 21.2. The molecule has 0 saturated heterocycles. The normalized spacial score (nSPS) is 37.5. The summed E-state index contributed by atoms with van der Waals surface area (Å²) in [5, 5.41) is 29.8. The van der Waals surface area contributed by atoms with Crippen LogP contribution in [0.4, 0.5) is 0 Å². The summed E-state index contributed by atoms with van der Waals surface area (Å²) in [6, 6.07) is 0. The molecular weight excluding hydrogens is 360 g/mol. The Hall–Kier alpha value is -1.78. The molecule has 3 heteroatoms. The molecule has 3 saturated carbocycles. The first kappa shape index (κ1) is 21.9. The number of hydrogen-bond donors (Lipinski definition) is 3. The van der Waals surface area contributed by atoms with E-state index in [9.17, 15) is 15.3 Å². The van der Waals surface area contributed by atoms with E-state index >= 15 is 0 Å². The van der Waals surface area contributed by atoms with Crippen molar-refractivity contribution in [3.05, 3.63) is 35.5 Å². The fraction of sp³-hybridized carbons (Fsp3) is 0.615. The third kappa shape index (κ3) is 5.04. The Labute approximate surface area is 175 Å². The Balaban J connectivity index is 1.78.